The van der Waals surface area contributed by atoms with E-state index in [0.29, 0.717) is 5.56 Å². The third-order valence-electron chi connectivity index (χ3n) is 17.8. The summed E-state index contributed by atoms with van der Waals surface area (Å²) < 4.78 is 86.8. The fourth-order valence-electron chi connectivity index (χ4n) is 11.9. The second-order valence-corrected chi connectivity index (χ2v) is 27.2. The van der Waals surface area contributed by atoms with Gasteiger partial charge in [0.25, 0.3) is 5.79 Å². The quantitative estimate of drug-likeness (QED) is 0.0125. The maximum atomic E-state index is 13.8. The molecular formula is C67H105N6O36P. The van der Waals surface area contributed by atoms with Gasteiger partial charge in [-0.1, -0.05) is 71.9 Å². The van der Waals surface area contributed by atoms with Crippen molar-refractivity contribution in [3.05, 3.63) is 35.9 Å². The number of aliphatic carboxylic acids is 1. The maximum Gasteiger partial charge on any atom is 0.470 e. The van der Waals surface area contributed by atoms with Gasteiger partial charge in [-0.25, -0.2) is 9.36 Å². The van der Waals surface area contributed by atoms with E-state index in [-0.39, 0.29) is 58.0 Å². The average Bonchev–Trinajstić information content (AvgIpc) is 0.778. The van der Waals surface area contributed by atoms with E-state index in [1.807, 2.05) is 0 Å². The highest BCUT2D eigenvalue weighted by atomic mass is 31.2. The molecule has 624 valence electrons. The van der Waals surface area contributed by atoms with Crippen molar-refractivity contribution in [3.8, 4) is 0 Å². The van der Waals surface area contributed by atoms with E-state index in [4.69, 9.17) is 61.4 Å². The second-order valence-electron chi connectivity index (χ2n) is 26.0. The van der Waals surface area contributed by atoms with Crippen molar-refractivity contribution >= 4 is 73.1 Å². The summed E-state index contributed by atoms with van der Waals surface area (Å²) in [5.74, 6) is -12.7. The minimum atomic E-state index is -5.53. The fourth-order valence-corrected chi connectivity index (χ4v) is 12.5. The number of phosphoric acid groups is 1. The minimum absolute atomic E-state index is 0.0324. The summed E-state index contributed by atoms with van der Waals surface area (Å²) in [6.45, 7) is 4.48. The molecule has 4 heterocycles. The van der Waals surface area contributed by atoms with Crippen LogP contribution in [0, 0.1) is 0 Å². The van der Waals surface area contributed by atoms with Gasteiger partial charge in [-0.2, -0.15) is 0 Å². The number of carboxylic acid groups (broad SMARTS) is 1. The molecule has 4 fully saturated rings. The van der Waals surface area contributed by atoms with E-state index in [9.17, 15) is 113 Å². The molecule has 0 spiro atoms. The number of benzene rings is 1. The smallest absolute Gasteiger partial charge is 0.470 e. The molecular weight excluding hydrogens is 1500 g/mol. The van der Waals surface area contributed by atoms with Crippen molar-refractivity contribution < 1.29 is 174 Å². The molecule has 0 bridgehead atoms. The number of hydrogen-bond acceptors (Lipinski definition) is 33. The van der Waals surface area contributed by atoms with Crippen molar-refractivity contribution in [2.45, 2.75) is 266 Å². The number of nitrogens with one attached hydrogen (secondary N) is 6. The van der Waals surface area contributed by atoms with Gasteiger partial charge in [-0.05, 0) is 18.4 Å². The summed E-state index contributed by atoms with van der Waals surface area (Å²) in [6.07, 6.45) is -35.7. The first-order chi connectivity index (χ1) is 52.1. The van der Waals surface area contributed by atoms with E-state index in [2.05, 4.69) is 31.9 Å². The van der Waals surface area contributed by atoms with Gasteiger partial charge in [0.15, 0.2) is 31.1 Å². The predicted octanol–water partition coefficient (Wildman–Crippen LogP) is -5.47. The Balaban J connectivity index is 1.27. The first-order valence-electron chi connectivity index (χ1n) is 36.0. The Morgan fingerprint density at radius 1 is 0.573 bits per heavy atom. The zero-order valence-electron chi connectivity index (χ0n) is 61.8. The standard InChI is InChI=1S/C67H105N6O36P/c1-8-35(101-47(84)10-3)26-45(82)72-53-60(106-49(86)12-5)57(90)40(31-99-65-54(73-46(83)27-36(9-2)102-48(85)11-4)62(107-50(87)13-6)59(39(30-75)103-65)109-110(94,95)96)104-64(53)98-24-22-69-43(80)20-19-42(79)68-21-23-97-63-52(70-33(7)76)58(91)56(89)41(105-63)32-100-67(66(92)93)28-37(77)51(61(108-67)55(88)38(78)29-74)71-44(81)25-34-17-15-14-16-18-34/h14-18,35-41,51-65,74-75,77-78,88-91H,8-13,19-32H2,1-7H3,(H,68,79)(H,69,80)(H,70,76)(H,71,81)(H,72,82)(H,73,83)(H,92,93)(H2,94,95,96)/t35-,36-,37-,38-,39?,40?,41?,51-,52+,53?,54?,55-,56+,57-,58-,59-,60-,61?,62-,63?,64-,65-,67-/m1/s1. The van der Waals surface area contributed by atoms with Crippen LogP contribution in [0.2, 0.25) is 0 Å². The van der Waals surface area contributed by atoms with Crippen LogP contribution >= 0.6 is 7.82 Å². The number of hydrogen-bond donors (Lipinski definition) is 17. The van der Waals surface area contributed by atoms with Gasteiger partial charge >= 0.3 is 37.7 Å². The van der Waals surface area contributed by atoms with Gasteiger partial charge in [0.05, 0.1) is 71.0 Å². The molecule has 4 aliphatic rings. The molecule has 4 saturated heterocycles. The van der Waals surface area contributed by atoms with Crippen LogP contribution in [0.15, 0.2) is 30.3 Å². The number of carbonyl (C=O) groups is 11. The van der Waals surface area contributed by atoms with Crippen LogP contribution in [0.4, 0.5) is 0 Å². The van der Waals surface area contributed by atoms with Crippen molar-refractivity contribution in [2.75, 3.05) is 52.7 Å². The monoisotopic (exact) mass is 1600 g/mol. The Morgan fingerprint density at radius 2 is 1.05 bits per heavy atom. The third kappa shape index (κ3) is 28.5. The Bertz CT molecular complexity index is 3220. The lowest BCUT2D eigenvalue weighted by Crippen LogP contribution is -2.69. The maximum absolute atomic E-state index is 13.8. The SMILES string of the molecule is CCC(=O)O[C@H](CC)CC(=O)NC1[C@H](OCCNC(=O)CCC(=O)NCCOC2OC(CO[C@]3(C(=O)O)C[C@@H](O)[C@@H](NC(=O)Cc4ccccc4)C([C@H](O)[C@H](O)CO)O3)[C@H](O)[C@H](O)[C@@H]2NC(C)=O)OC(CO[C@@H]2OC(CO)[C@@H](OP(=O)(O)O)[C@H](OC(=O)CC)C2NC(=O)C[C@@H](CC)OC(=O)CC)[C@@H](O)[C@@H]1OC(=O)CC. The summed E-state index contributed by atoms with van der Waals surface area (Å²) in [5.41, 5.74) is 0.538. The number of carbonyl (C=O) groups excluding carboxylic acids is 10. The summed E-state index contributed by atoms with van der Waals surface area (Å²) in [7, 11) is -5.53. The zero-order valence-corrected chi connectivity index (χ0v) is 62.7. The Hall–Kier alpha value is -7.14. The van der Waals surface area contributed by atoms with E-state index in [0.717, 1.165) is 6.92 Å². The Morgan fingerprint density at radius 3 is 1.54 bits per heavy atom. The number of aliphatic hydroxyl groups is 8. The van der Waals surface area contributed by atoms with Crippen LogP contribution in [-0.2, 0) is 125 Å². The van der Waals surface area contributed by atoms with Crippen LogP contribution in [0.25, 0.3) is 0 Å². The summed E-state index contributed by atoms with van der Waals surface area (Å²) in [5, 5.41) is 113. The molecule has 17 N–H and O–H groups in total. The number of esters is 4. The first-order valence-corrected chi connectivity index (χ1v) is 37.5. The van der Waals surface area contributed by atoms with Gasteiger partial charge in [0.1, 0.15) is 91.4 Å². The van der Waals surface area contributed by atoms with Gasteiger partial charge in [0.2, 0.25) is 35.4 Å². The normalized spacial score (nSPS) is 29.3. The molecule has 7 unspecified atom stereocenters. The van der Waals surface area contributed by atoms with E-state index < -0.39 is 285 Å². The highest BCUT2D eigenvalue weighted by Crippen LogP contribution is 2.43. The van der Waals surface area contributed by atoms with Crippen molar-refractivity contribution in [2.24, 2.45) is 0 Å². The van der Waals surface area contributed by atoms with Crippen molar-refractivity contribution in [1.29, 1.82) is 0 Å². The highest BCUT2D eigenvalue weighted by Gasteiger charge is 2.58. The number of carboxylic acids is 1. The molecule has 42 nitrogen and oxygen atoms in total. The van der Waals surface area contributed by atoms with Crippen LogP contribution in [0.5, 0.6) is 0 Å². The molecule has 1 aromatic rings. The summed E-state index contributed by atoms with van der Waals surface area (Å²) in [6, 6.07) is 1.75. The molecule has 4 aliphatic heterocycles. The second kappa shape index (κ2) is 45.5. The predicted molar refractivity (Wildman–Crippen MR) is 366 cm³/mol. The van der Waals surface area contributed by atoms with E-state index in [1.54, 1.807) is 44.2 Å². The van der Waals surface area contributed by atoms with Crippen molar-refractivity contribution in [3.63, 3.8) is 0 Å². The third-order valence-corrected chi connectivity index (χ3v) is 18.3. The number of amides is 6. The fraction of sp³-hybridized carbons (Fsp3) is 0.746. The molecule has 6 amide bonds. The Kier molecular flexibility index (Phi) is 38.7. The van der Waals surface area contributed by atoms with Gasteiger partial charge in [-0.3, -0.25) is 52.5 Å². The topological polar surface area (TPSA) is 620 Å². The number of ether oxygens (including phenoxy) is 12. The number of aliphatic hydroxyl groups excluding tert-OH is 8. The average molecular weight is 1600 g/mol. The van der Waals surface area contributed by atoms with Crippen LogP contribution in [0.1, 0.15) is 125 Å². The summed E-state index contributed by atoms with van der Waals surface area (Å²) in [4.78, 5) is 163. The number of rotatable bonds is 44. The van der Waals surface area contributed by atoms with Crippen LogP contribution < -0.4 is 31.9 Å². The lowest BCUT2D eigenvalue weighted by molar-refractivity contribution is -0.330. The largest absolute Gasteiger partial charge is 0.477 e. The molecule has 0 aromatic heterocycles. The molecule has 0 aliphatic carbocycles. The highest BCUT2D eigenvalue weighted by molar-refractivity contribution is 7.46. The summed E-state index contributed by atoms with van der Waals surface area (Å²) >= 11 is 0. The first kappa shape index (κ1) is 93.5. The van der Waals surface area contributed by atoms with Gasteiger partial charge < -0.3 is 144 Å². The van der Waals surface area contributed by atoms with Gasteiger partial charge in [0, 0.05) is 65.0 Å². The van der Waals surface area contributed by atoms with Crippen LogP contribution in [-0.4, -0.2) is 314 Å². The van der Waals surface area contributed by atoms with Crippen LogP contribution in [0.3, 0.4) is 0 Å². The lowest BCUT2D eigenvalue weighted by Gasteiger charge is -2.47. The lowest BCUT2D eigenvalue weighted by atomic mass is 9.88. The van der Waals surface area contributed by atoms with E-state index in [1.165, 1.54) is 27.7 Å². The van der Waals surface area contributed by atoms with E-state index >= 15 is 0 Å². The molecule has 110 heavy (non-hydrogen) atoms. The molecule has 43 heteroatoms. The Labute approximate surface area is 632 Å². The molecule has 0 radical (unpaired) electrons. The molecule has 5 rings (SSSR count). The zero-order chi connectivity index (χ0) is 81.7. The van der Waals surface area contributed by atoms with Crippen molar-refractivity contribution in [1.82, 2.24) is 31.9 Å². The minimum Gasteiger partial charge on any atom is -0.477 e. The molecule has 23 atom stereocenters. The molecule has 1 aromatic carbocycles. The number of phosphoric ester groups is 1. The van der Waals surface area contributed by atoms with Gasteiger partial charge in [-0.15, -0.1) is 0 Å². The molecule has 0 saturated carbocycles.